The van der Waals surface area contributed by atoms with Crippen LogP contribution in [-0.4, -0.2) is 62.7 Å². The second-order valence-electron chi connectivity index (χ2n) is 8.32. The molecule has 3 rings (SSSR count). The number of likely N-dealkylation sites (N-methyl/N-ethyl adjacent to an activating group) is 1. The molecule has 1 aliphatic heterocycles. The molecule has 2 aromatic carbocycles. The Morgan fingerprint density at radius 3 is 1.88 bits per heavy atom. The highest BCUT2D eigenvalue weighted by Crippen LogP contribution is 2.19. The van der Waals surface area contributed by atoms with Crippen LogP contribution < -0.4 is 15.5 Å². The van der Waals surface area contributed by atoms with Crippen LogP contribution in [0.3, 0.4) is 0 Å². The first-order valence-corrected chi connectivity index (χ1v) is 11.3. The molecule has 1 heterocycles. The third-order valence-electron chi connectivity index (χ3n) is 5.57. The van der Waals surface area contributed by atoms with Crippen LogP contribution in [-0.2, 0) is 14.3 Å². The van der Waals surface area contributed by atoms with Gasteiger partial charge >= 0.3 is 0 Å². The number of amides is 2. The molecule has 0 unspecified atom stereocenters. The second-order valence-corrected chi connectivity index (χ2v) is 8.32. The fraction of sp³-hybridized carbons (Fsp3) is 0.440. The van der Waals surface area contributed by atoms with Crippen molar-refractivity contribution in [3.8, 4) is 0 Å². The number of carbonyl (C=O) groups excluding carboxylic acids is 2. The number of hydrogen-bond acceptors (Lipinski definition) is 5. The number of morpholine rings is 1. The molecule has 1 fully saturated rings. The predicted molar refractivity (Wildman–Crippen MR) is 129 cm³/mol. The van der Waals surface area contributed by atoms with Gasteiger partial charge in [-0.1, -0.05) is 32.9 Å². The summed E-state index contributed by atoms with van der Waals surface area (Å²) in [5.74, 6) is 0.177. The number of rotatable bonds is 9. The zero-order valence-corrected chi connectivity index (χ0v) is 19.3. The van der Waals surface area contributed by atoms with Gasteiger partial charge in [0.1, 0.15) is 0 Å². The number of hydrogen-bond donors (Lipinski definition) is 2. The summed E-state index contributed by atoms with van der Waals surface area (Å²) < 4.78 is 5.39. The molecule has 2 N–H and O–H groups in total. The van der Waals surface area contributed by atoms with Crippen molar-refractivity contribution in [1.82, 2.24) is 4.90 Å². The largest absolute Gasteiger partial charge is 0.378 e. The molecule has 0 aliphatic carbocycles. The molecule has 172 valence electrons. The topological polar surface area (TPSA) is 73.9 Å². The lowest BCUT2D eigenvalue weighted by molar-refractivity contribution is -0.119. The first kappa shape index (κ1) is 23.8. The Labute approximate surface area is 190 Å². The molecule has 0 saturated carbocycles. The lowest BCUT2D eigenvalue weighted by Crippen LogP contribution is -2.38. The van der Waals surface area contributed by atoms with Crippen molar-refractivity contribution >= 4 is 28.9 Å². The van der Waals surface area contributed by atoms with E-state index in [9.17, 15) is 9.59 Å². The average molecular weight is 439 g/mol. The van der Waals surface area contributed by atoms with Crippen molar-refractivity contribution in [3.63, 3.8) is 0 Å². The summed E-state index contributed by atoms with van der Waals surface area (Å²) >= 11 is 0. The average Bonchev–Trinajstić information content (AvgIpc) is 2.80. The van der Waals surface area contributed by atoms with Gasteiger partial charge < -0.3 is 20.3 Å². The summed E-state index contributed by atoms with van der Waals surface area (Å²) in [4.78, 5) is 29.0. The van der Waals surface area contributed by atoms with Gasteiger partial charge in [-0.25, -0.2) is 0 Å². The number of nitrogens with zero attached hydrogens (tertiary/aromatic N) is 2. The van der Waals surface area contributed by atoms with Crippen molar-refractivity contribution in [2.75, 3.05) is 61.5 Å². The standard InChI is InChI=1S/C25H34N4O3/c1-4-28(17-24(30)26-21-7-5-20(6-8-21)19(2)3)18-25(31)27-22-9-11-23(12-10-22)29-13-15-32-16-14-29/h5-12,19H,4,13-18H2,1-3H3,(H,26,30)(H,27,31). The van der Waals surface area contributed by atoms with Gasteiger partial charge in [0, 0.05) is 30.2 Å². The summed E-state index contributed by atoms with van der Waals surface area (Å²) in [7, 11) is 0. The maximum absolute atomic E-state index is 12.5. The molecule has 0 radical (unpaired) electrons. The lowest BCUT2D eigenvalue weighted by atomic mass is 10.0. The smallest absolute Gasteiger partial charge is 0.238 e. The van der Waals surface area contributed by atoms with Gasteiger partial charge in [-0.05, 0) is 54.4 Å². The van der Waals surface area contributed by atoms with E-state index in [0.717, 1.165) is 43.4 Å². The zero-order chi connectivity index (χ0) is 22.9. The minimum atomic E-state index is -0.139. The Morgan fingerprint density at radius 2 is 1.41 bits per heavy atom. The van der Waals surface area contributed by atoms with E-state index >= 15 is 0 Å². The molecule has 1 aliphatic rings. The maximum atomic E-state index is 12.5. The fourth-order valence-corrected chi connectivity index (χ4v) is 3.62. The molecule has 1 saturated heterocycles. The Morgan fingerprint density at radius 1 is 0.906 bits per heavy atom. The van der Waals surface area contributed by atoms with Crippen LogP contribution in [0.4, 0.5) is 17.1 Å². The lowest BCUT2D eigenvalue weighted by Gasteiger charge is -2.29. The van der Waals surface area contributed by atoms with E-state index in [1.807, 2.05) is 60.4 Å². The first-order valence-electron chi connectivity index (χ1n) is 11.3. The molecular weight excluding hydrogens is 404 g/mol. The van der Waals surface area contributed by atoms with Crippen LogP contribution in [0.25, 0.3) is 0 Å². The van der Waals surface area contributed by atoms with Gasteiger partial charge in [0.25, 0.3) is 0 Å². The molecule has 7 heteroatoms. The van der Waals surface area contributed by atoms with Gasteiger partial charge in [0.15, 0.2) is 0 Å². The van der Waals surface area contributed by atoms with Crippen LogP contribution in [0, 0.1) is 0 Å². The minimum absolute atomic E-state index is 0.133. The molecule has 0 bridgehead atoms. The van der Waals surface area contributed by atoms with Crippen molar-refractivity contribution in [2.24, 2.45) is 0 Å². The molecule has 32 heavy (non-hydrogen) atoms. The van der Waals surface area contributed by atoms with Crippen molar-refractivity contribution in [2.45, 2.75) is 26.7 Å². The van der Waals surface area contributed by atoms with Crippen molar-refractivity contribution < 1.29 is 14.3 Å². The van der Waals surface area contributed by atoms with Gasteiger partial charge in [0.05, 0.1) is 26.3 Å². The van der Waals surface area contributed by atoms with E-state index in [0.29, 0.717) is 12.5 Å². The molecule has 0 aromatic heterocycles. The van der Waals surface area contributed by atoms with Gasteiger partial charge in [-0.2, -0.15) is 0 Å². The number of nitrogens with one attached hydrogen (secondary N) is 2. The summed E-state index contributed by atoms with van der Waals surface area (Å²) in [5.41, 5.74) is 3.87. The summed E-state index contributed by atoms with van der Waals surface area (Å²) in [6, 6.07) is 15.7. The van der Waals surface area contributed by atoms with E-state index in [4.69, 9.17) is 4.74 Å². The Bertz CT molecular complexity index is 875. The number of ether oxygens (including phenoxy) is 1. The Hall–Kier alpha value is -2.90. The number of carbonyl (C=O) groups is 2. The summed E-state index contributed by atoms with van der Waals surface area (Å²) in [5, 5.41) is 5.83. The third kappa shape index (κ3) is 7.07. The maximum Gasteiger partial charge on any atom is 0.238 e. The van der Waals surface area contributed by atoms with Crippen molar-refractivity contribution in [1.29, 1.82) is 0 Å². The monoisotopic (exact) mass is 438 g/mol. The second kappa shape index (κ2) is 11.6. The molecule has 7 nitrogen and oxygen atoms in total. The Kier molecular flexibility index (Phi) is 8.64. The normalized spacial score (nSPS) is 14.0. The van der Waals surface area contributed by atoms with Gasteiger partial charge in [0.2, 0.25) is 11.8 Å². The molecule has 2 aromatic rings. The highest BCUT2D eigenvalue weighted by Gasteiger charge is 2.15. The first-order chi connectivity index (χ1) is 15.4. The van der Waals surface area contributed by atoms with Crippen LogP contribution >= 0.6 is 0 Å². The van der Waals surface area contributed by atoms with Crippen LogP contribution in [0.5, 0.6) is 0 Å². The van der Waals surface area contributed by atoms with E-state index in [1.165, 1.54) is 5.56 Å². The van der Waals surface area contributed by atoms with Gasteiger partial charge in [-0.3, -0.25) is 14.5 Å². The molecule has 2 amide bonds. The number of anilines is 3. The molecular formula is C25H34N4O3. The van der Waals surface area contributed by atoms with Gasteiger partial charge in [-0.15, -0.1) is 0 Å². The summed E-state index contributed by atoms with van der Waals surface area (Å²) in [6.07, 6.45) is 0. The third-order valence-corrected chi connectivity index (χ3v) is 5.57. The fourth-order valence-electron chi connectivity index (χ4n) is 3.62. The highest BCUT2D eigenvalue weighted by atomic mass is 16.5. The van der Waals surface area contributed by atoms with E-state index in [2.05, 4.69) is 29.4 Å². The van der Waals surface area contributed by atoms with E-state index in [1.54, 1.807) is 0 Å². The quantitative estimate of drug-likeness (QED) is 0.626. The van der Waals surface area contributed by atoms with E-state index in [-0.39, 0.29) is 24.9 Å². The van der Waals surface area contributed by atoms with Crippen molar-refractivity contribution in [3.05, 3.63) is 54.1 Å². The highest BCUT2D eigenvalue weighted by molar-refractivity contribution is 5.94. The summed E-state index contributed by atoms with van der Waals surface area (Å²) in [6.45, 7) is 10.4. The SMILES string of the molecule is CCN(CC(=O)Nc1ccc(C(C)C)cc1)CC(=O)Nc1ccc(N2CCOCC2)cc1. The minimum Gasteiger partial charge on any atom is -0.378 e. The van der Waals surface area contributed by atoms with Crippen LogP contribution in [0.2, 0.25) is 0 Å². The zero-order valence-electron chi connectivity index (χ0n) is 19.3. The number of benzene rings is 2. The van der Waals surface area contributed by atoms with Crippen LogP contribution in [0.1, 0.15) is 32.3 Å². The van der Waals surface area contributed by atoms with Crippen LogP contribution in [0.15, 0.2) is 48.5 Å². The molecule has 0 spiro atoms. The van der Waals surface area contributed by atoms with E-state index < -0.39 is 0 Å². The Balaban J connectivity index is 1.46. The predicted octanol–water partition coefficient (Wildman–Crippen LogP) is 3.55. The molecule has 0 atom stereocenters.